The van der Waals surface area contributed by atoms with Crippen LogP contribution >= 0.6 is 0 Å². The van der Waals surface area contributed by atoms with Gasteiger partial charge in [-0.2, -0.15) is 0 Å². The largest absolute Gasteiger partial charge is 0.408 e. The van der Waals surface area contributed by atoms with E-state index in [0.29, 0.717) is 0 Å². The molecule has 2 aromatic rings. The van der Waals surface area contributed by atoms with E-state index in [0.717, 1.165) is 0 Å². The summed E-state index contributed by atoms with van der Waals surface area (Å²) >= 11 is 0. The quantitative estimate of drug-likeness (QED) is 0.778. The number of alkyl halides is 1. The summed E-state index contributed by atoms with van der Waals surface area (Å²) in [5.74, 6) is 0. The minimum Gasteiger partial charge on any atom is -0.408 e. The molecule has 8 nitrogen and oxygen atoms in total. The Labute approximate surface area is 152 Å². The van der Waals surface area contributed by atoms with Gasteiger partial charge in [-0.15, -0.1) is 0 Å². The Kier molecular flexibility index (Phi) is 4.80. The van der Waals surface area contributed by atoms with Gasteiger partial charge in [-0.3, -0.25) is 9.36 Å². The van der Waals surface area contributed by atoms with Crippen molar-refractivity contribution in [2.24, 2.45) is 5.73 Å². The summed E-state index contributed by atoms with van der Waals surface area (Å²) in [5, 5.41) is -0.0689. The highest BCUT2D eigenvalue weighted by Crippen LogP contribution is 2.42. The van der Waals surface area contributed by atoms with Crippen LogP contribution in [0.15, 0.2) is 17.4 Å². The van der Waals surface area contributed by atoms with E-state index in [2.05, 4.69) is 48.8 Å². The third-order valence-electron chi connectivity index (χ3n) is 5.38. The molecule has 26 heavy (non-hydrogen) atoms. The molecule has 0 aromatic carbocycles. The second-order valence-electron chi connectivity index (χ2n) is 8.14. The number of rotatable bonds is 4. The van der Waals surface area contributed by atoms with Crippen LogP contribution in [0, 0.1) is 0 Å². The molecule has 3 N–H and O–H groups in total. The molecule has 1 fully saturated rings. The summed E-state index contributed by atoms with van der Waals surface area (Å²) in [6.07, 6.45) is -1.16. The van der Waals surface area contributed by atoms with Gasteiger partial charge in [-0.05, 0) is 18.1 Å². The zero-order chi connectivity index (χ0) is 19.3. The Bertz CT molecular complexity index is 846. The van der Waals surface area contributed by atoms with Crippen molar-refractivity contribution >= 4 is 19.5 Å². The first kappa shape index (κ1) is 19.1. The number of hydrogen-bond acceptors (Lipinski definition) is 6. The number of fused-ring (bicyclic) bond motifs is 1. The van der Waals surface area contributed by atoms with Crippen molar-refractivity contribution in [3.8, 4) is 0 Å². The van der Waals surface area contributed by atoms with E-state index in [4.69, 9.17) is 14.9 Å². The molecule has 0 amide bonds. The van der Waals surface area contributed by atoms with Gasteiger partial charge >= 0.3 is 0 Å². The lowest BCUT2D eigenvalue weighted by Crippen LogP contribution is -2.49. The maximum atomic E-state index is 15.4. The summed E-state index contributed by atoms with van der Waals surface area (Å²) in [6.45, 7) is 10.5. The fourth-order valence-electron chi connectivity index (χ4n) is 2.81. The van der Waals surface area contributed by atoms with Crippen molar-refractivity contribution in [3.63, 3.8) is 0 Å². The van der Waals surface area contributed by atoms with E-state index in [1.165, 1.54) is 17.2 Å². The molecule has 4 atom stereocenters. The van der Waals surface area contributed by atoms with Crippen LogP contribution in [0.1, 0.15) is 27.0 Å². The van der Waals surface area contributed by atoms with Gasteiger partial charge in [0.2, 0.25) is 0 Å². The molecular formula is C16H26FN5O3Si. The highest BCUT2D eigenvalue weighted by molar-refractivity contribution is 6.74. The van der Waals surface area contributed by atoms with Crippen molar-refractivity contribution < 1.29 is 13.6 Å². The van der Waals surface area contributed by atoms with Gasteiger partial charge in [-0.1, -0.05) is 20.8 Å². The molecule has 0 saturated carbocycles. The summed E-state index contributed by atoms with van der Waals surface area (Å²) in [6, 6.07) is 0. The van der Waals surface area contributed by atoms with Gasteiger partial charge in [0.25, 0.3) is 5.56 Å². The third kappa shape index (κ3) is 3.11. The van der Waals surface area contributed by atoms with Crippen LogP contribution in [-0.4, -0.2) is 52.8 Å². The number of imidazole rings is 1. The molecule has 1 unspecified atom stereocenters. The lowest BCUT2D eigenvalue weighted by atomic mass is 10.1. The number of H-pyrrole nitrogens is 1. The SMILES string of the molecule is CC(C)(C)[Si](C)(C)OC1[C@@H](F)[C@H](n2cnc3c(=O)[nH]cnc32)O[C@@H]1CN. The van der Waals surface area contributed by atoms with E-state index in [-0.39, 0.29) is 28.3 Å². The van der Waals surface area contributed by atoms with Crippen molar-refractivity contribution in [1.82, 2.24) is 19.5 Å². The van der Waals surface area contributed by atoms with Crippen LogP contribution in [0.2, 0.25) is 18.1 Å². The van der Waals surface area contributed by atoms with Crippen molar-refractivity contribution in [1.29, 1.82) is 0 Å². The zero-order valence-electron chi connectivity index (χ0n) is 15.7. The molecular weight excluding hydrogens is 357 g/mol. The molecule has 1 saturated heterocycles. The second kappa shape index (κ2) is 6.52. The smallest absolute Gasteiger partial charge is 0.278 e. The van der Waals surface area contributed by atoms with Gasteiger partial charge < -0.3 is 19.9 Å². The summed E-state index contributed by atoms with van der Waals surface area (Å²) < 4.78 is 28.9. The Morgan fingerprint density at radius 1 is 1.42 bits per heavy atom. The molecule has 3 heterocycles. The van der Waals surface area contributed by atoms with Gasteiger partial charge in [0.15, 0.2) is 31.9 Å². The average Bonchev–Trinajstić information content (AvgIpc) is 3.09. The van der Waals surface area contributed by atoms with E-state index < -0.39 is 32.9 Å². The molecule has 3 rings (SSSR count). The maximum absolute atomic E-state index is 15.4. The van der Waals surface area contributed by atoms with Crippen LogP contribution in [0.3, 0.4) is 0 Å². The van der Waals surface area contributed by atoms with E-state index in [1.807, 2.05) is 0 Å². The number of nitrogens with zero attached hydrogens (tertiary/aromatic N) is 3. The van der Waals surface area contributed by atoms with Crippen molar-refractivity contribution in [2.75, 3.05) is 6.54 Å². The number of aromatic amines is 1. The normalized spacial score (nSPS) is 27.3. The molecule has 0 aliphatic carbocycles. The van der Waals surface area contributed by atoms with Crippen LogP contribution in [0.5, 0.6) is 0 Å². The highest BCUT2D eigenvalue weighted by Gasteiger charge is 2.51. The number of ether oxygens (including phenoxy) is 1. The fourth-order valence-corrected chi connectivity index (χ4v) is 4.13. The minimum atomic E-state index is -2.22. The van der Waals surface area contributed by atoms with Gasteiger partial charge in [0, 0.05) is 6.54 Å². The maximum Gasteiger partial charge on any atom is 0.278 e. The molecule has 0 radical (unpaired) electrons. The lowest BCUT2D eigenvalue weighted by Gasteiger charge is -2.39. The minimum absolute atomic E-state index is 0.0689. The number of aromatic nitrogens is 4. The zero-order valence-corrected chi connectivity index (χ0v) is 16.7. The van der Waals surface area contributed by atoms with E-state index in [1.54, 1.807) is 0 Å². The molecule has 1 aliphatic rings. The second-order valence-corrected chi connectivity index (χ2v) is 12.9. The van der Waals surface area contributed by atoms with Crippen LogP contribution in [0.25, 0.3) is 11.2 Å². The number of halogens is 1. The standard InChI is InChI=1S/C16H26FN5O3Si/c1-16(2,3)26(4,5)25-12-9(6-18)24-15(10(12)17)22-8-21-11-13(22)19-7-20-14(11)23/h7-10,12,15H,6,18H2,1-5H3,(H,19,20,23)/t9-,10-,12?,15-/m1/s1. The van der Waals surface area contributed by atoms with Crippen molar-refractivity contribution in [2.45, 2.75) is 63.5 Å². The molecule has 10 heteroatoms. The topological polar surface area (TPSA) is 108 Å². The number of hydrogen-bond donors (Lipinski definition) is 2. The number of nitrogens with two attached hydrogens (primary N) is 1. The first-order valence-electron chi connectivity index (χ1n) is 8.64. The van der Waals surface area contributed by atoms with Gasteiger partial charge in [-0.25, -0.2) is 14.4 Å². The van der Waals surface area contributed by atoms with Crippen molar-refractivity contribution in [3.05, 3.63) is 23.0 Å². The molecule has 0 spiro atoms. The first-order chi connectivity index (χ1) is 12.1. The summed E-state index contributed by atoms with van der Waals surface area (Å²) in [7, 11) is -2.22. The van der Waals surface area contributed by atoms with Gasteiger partial charge in [0.05, 0.1) is 12.7 Å². The van der Waals surface area contributed by atoms with Crippen LogP contribution in [0.4, 0.5) is 4.39 Å². The van der Waals surface area contributed by atoms with E-state index in [9.17, 15) is 4.79 Å². The Balaban J connectivity index is 1.94. The predicted molar refractivity (Wildman–Crippen MR) is 98.1 cm³/mol. The molecule has 144 valence electrons. The van der Waals surface area contributed by atoms with Crippen LogP contribution in [-0.2, 0) is 9.16 Å². The highest BCUT2D eigenvalue weighted by atomic mass is 28.4. The van der Waals surface area contributed by atoms with Gasteiger partial charge in [0.1, 0.15) is 12.2 Å². The Morgan fingerprint density at radius 2 is 2.12 bits per heavy atom. The summed E-state index contributed by atoms with van der Waals surface area (Å²) in [5.41, 5.74) is 5.84. The molecule has 0 bridgehead atoms. The molecule has 2 aromatic heterocycles. The third-order valence-corrected chi connectivity index (χ3v) is 9.85. The Hall–Kier alpha value is -1.62. The van der Waals surface area contributed by atoms with E-state index >= 15 is 4.39 Å². The van der Waals surface area contributed by atoms with Crippen LogP contribution < -0.4 is 11.3 Å². The molecule has 1 aliphatic heterocycles. The Morgan fingerprint density at radius 3 is 2.73 bits per heavy atom. The lowest BCUT2D eigenvalue weighted by molar-refractivity contribution is -0.0172. The average molecular weight is 384 g/mol. The fraction of sp³-hybridized carbons (Fsp3) is 0.688. The number of nitrogens with one attached hydrogen (secondary N) is 1. The monoisotopic (exact) mass is 383 g/mol. The first-order valence-corrected chi connectivity index (χ1v) is 11.6. The summed E-state index contributed by atoms with van der Waals surface area (Å²) in [4.78, 5) is 22.4. The predicted octanol–water partition coefficient (Wildman–Crippen LogP) is 1.70.